The number of rotatable bonds is 2. The zero-order valence-corrected chi connectivity index (χ0v) is 11.1. The molecule has 4 N–H and O–H groups in total. The zero-order valence-electron chi connectivity index (χ0n) is 10.4. The van der Waals surface area contributed by atoms with Gasteiger partial charge in [0.1, 0.15) is 5.66 Å². The second-order valence-corrected chi connectivity index (χ2v) is 5.03. The standard InChI is InChI=1S/C12H16ClN5/c1-12(2)17-10(14)16-11(18-12)15-7-8-3-5-9(13)6-4-8/h3-6H,7H2,1-2H3,(H4,14,15,16,17,18). The van der Waals surface area contributed by atoms with E-state index >= 15 is 0 Å². The molecule has 5 nitrogen and oxygen atoms in total. The van der Waals surface area contributed by atoms with E-state index in [1.54, 1.807) is 0 Å². The van der Waals surface area contributed by atoms with Gasteiger partial charge in [0.25, 0.3) is 0 Å². The molecule has 96 valence electrons. The number of benzene rings is 1. The third-order valence-electron chi connectivity index (χ3n) is 2.40. The van der Waals surface area contributed by atoms with Crippen LogP contribution >= 0.6 is 11.6 Å². The van der Waals surface area contributed by atoms with Crippen molar-refractivity contribution in [3.05, 3.63) is 34.9 Å². The van der Waals surface area contributed by atoms with Gasteiger partial charge >= 0.3 is 0 Å². The molecule has 1 aliphatic rings. The number of hydrogen-bond acceptors (Lipinski definition) is 3. The molecule has 6 heteroatoms. The lowest BCUT2D eigenvalue weighted by molar-refractivity contribution is 0.467. The minimum absolute atomic E-state index is 0.369. The van der Waals surface area contributed by atoms with Gasteiger partial charge in [-0.05, 0) is 31.5 Å². The van der Waals surface area contributed by atoms with Crippen LogP contribution in [0.2, 0.25) is 5.02 Å². The highest BCUT2D eigenvalue weighted by atomic mass is 35.5. The minimum Gasteiger partial charge on any atom is -0.370 e. The Labute approximate surface area is 111 Å². The summed E-state index contributed by atoms with van der Waals surface area (Å²) in [6.45, 7) is 4.41. The van der Waals surface area contributed by atoms with E-state index < -0.39 is 5.66 Å². The average Bonchev–Trinajstić information content (AvgIpc) is 2.25. The van der Waals surface area contributed by atoms with E-state index in [4.69, 9.17) is 17.3 Å². The van der Waals surface area contributed by atoms with E-state index in [0.29, 0.717) is 18.5 Å². The summed E-state index contributed by atoms with van der Waals surface area (Å²) in [7, 11) is 0. The van der Waals surface area contributed by atoms with E-state index in [1.807, 2.05) is 38.1 Å². The molecule has 1 aromatic rings. The van der Waals surface area contributed by atoms with Gasteiger partial charge in [-0.15, -0.1) is 0 Å². The fraction of sp³-hybridized carbons (Fsp3) is 0.333. The fourth-order valence-electron chi connectivity index (χ4n) is 1.64. The molecule has 0 bridgehead atoms. The Hall–Kier alpha value is -1.75. The summed E-state index contributed by atoms with van der Waals surface area (Å²) in [5, 5.41) is 6.76. The van der Waals surface area contributed by atoms with Crippen molar-refractivity contribution in [1.82, 2.24) is 10.6 Å². The van der Waals surface area contributed by atoms with Crippen LogP contribution in [0.5, 0.6) is 0 Å². The molecule has 0 fully saturated rings. The van der Waals surface area contributed by atoms with E-state index in [2.05, 4.69) is 20.6 Å². The Morgan fingerprint density at radius 3 is 2.61 bits per heavy atom. The van der Waals surface area contributed by atoms with Gasteiger partial charge in [-0.3, -0.25) is 5.32 Å². The molecule has 0 spiro atoms. The van der Waals surface area contributed by atoms with Crippen LogP contribution in [0.3, 0.4) is 0 Å². The van der Waals surface area contributed by atoms with E-state index in [-0.39, 0.29) is 0 Å². The van der Waals surface area contributed by atoms with E-state index in [9.17, 15) is 0 Å². The smallest absolute Gasteiger partial charge is 0.200 e. The largest absolute Gasteiger partial charge is 0.370 e. The normalized spacial score (nSPS) is 19.9. The monoisotopic (exact) mass is 265 g/mol. The quantitative estimate of drug-likeness (QED) is 0.757. The van der Waals surface area contributed by atoms with Gasteiger partial charge in [-0.25, -0.2) is 9.98 Å². The molecule has 2 rings (SSSR count). The van der Waals surface area contributed by atoms with Crippen LogP contribution in [0.4, 0.5) is 0 Å². The lowest BCUT2D eigenvalue weighted by Gasteiger charge is -2.29. The van der Waals surface area contributed by atoms with Gasteiger partial charge in [0, 0.05) is 5.02 Å². The van der Waals surface area contributed by atoms with Crippen LogP contribution < -0.4 is 16.4 Å². The molecule has 0 saturated carbocycles. The lowest BCUT2D eigenvalue weighted by Crippen LogP contribution is -2.57. The molecule has 1 heterocycles. The number of nitrogens with zero attached hydrogens (tertiary/aromatic N) is 2. The minimum atomic E-state index is -0.436. The van der Waals surface area contributed by atoms with Crippen LogP contribution in [-0.2, 0) is 6.54 Å². The van der Waals surface area contributed by atoms with Crippen LogP contribution in [0.1, 0.15) is 19.4 Å². The molecule has 0 unspecified atom stereocenters. The molecule has 1 aliphatic heterocycles. The Morgan fingerprint density at radius 1 is 1.33 bits per heavy atom. The zero-order chi connectivity index (χ0) is 13.2. The average molecular weight is 266 g/mol. The van der Waals surface area contributed by atoms with Gasteiger partial charge < -0.3 is 11.1 Å². The molecule has 0 atom stereocenters. The maximum absolute atomic E-state index is 5.82. The van der Waals surface area contributed by atoms with Gasteiger partial charge in [-0.1, -0.05) is 23.7 Å². The summed E-state index contributed by atoms with van der Waals surface area (Å²) in [6.07, 6.45) is 0. The first-order chi connectivity index (χ1) is 8.44. The summed E-state index contributed by atoms with van der Waals surface area (Å²) >= 11 is 5.82. The summed E-state index contributed by atoms with van der Waals surface area (Å²) < 4.78 is 0. The molecule has 0 amide bonds. The SMILES string of the molecule is CC1(C)N=C(N)NC(=NCc2ccc(Cl)cc2)N1. The van der Waals surface area contributed by atoms with Crippen LogP contribution in [0.25, 0.3) is 0 Å². The first-order valence-corrected chi connectivity index (χ1v) is 6.02. The van der Waals surface area contributed by atoms with Gasteiger partial charge in [0.15, 0.2) is 11.9 Å². The van der Waals surface area contributed by atoms with Crippen molar-refractivity contribution < 1.29 is 0 Å². The third kappa shape index (κ3) is 3.37. The van der Waals surface area contributed by atoms with Crippen molar-refractivity contribution in [3.8, 4) is 0 Å². The first-order valence-electron chi connectivity index (χ1n) is 5.64. The Morgan fingerprint density at radius 2 is 2.00 bits per heavy atom. The molecule has 1 aromatic carbocycles. The fourth-order valence-corrected chi connectivity index (χ4v) is 1.76. The van der Waals surface area contributed by atoms with Crippen molar-refractivity contribution in [2.75, 3.05) is 0 Å². The van der Waals surface area contributed by atoms with Gasteiger partial charge in [0.2, 0.25) is 0 Å². The predicted octanol–water partition coefficient (Wildman–Crippen LogP) is 1.44. The third-order valence-corrected chi connectivity index (χ3v) is 2.66. The molecular weight excluding hydrogens is 250 g/mol. The lowest BCUT2D eigenvalue weighted by atomic mass is 10.2. The number of nitrogens with one attached hydrogen (secondary N) is 2. The van der Waals surface area contributed by atoms with E-state index in [1.165, 1.54) is 0 Å². The first kappa shape index (κ1) is 12.7. The van der Waals surface area contributed by atoms with Crippen LogP contribution in [0, 0.1) is 0 Å². The summed E-state index contributed by atoms with van der Waals surface area (Å²) in [5.41, 5.74) is 6.33. The second kappa shape index (κ2) is 4.86. The highest BCUT2D eigenvalue weighted by Gasteiger charge is 2.23. The predicted molar refractivity (Wildman–Crippen MR) is 74.6 cm³/mol. The Kier molecular flexibility index (Phi) is 3.43. The summed E-state index contributed by atoms with van der Waals surface area (Å²) in [6, 6.07) is 7.58. The maximum atomic E-state index is 5.82. The van der Waals surface area contributed by atoms with Crippen molar-refractivity contribution in [2.45, 2.75) is 26.1 Å². The highest BCUT2D eigenvalue weighted by molar-refractivity contribution is 6.30. The van der Waals surface area contributed by atoms with Crippen molar-refractivity contribution >= 4 is 23.5 Å². The van der Waals surface area contributed by atoms with Gasteiger partial charge in [-0.2, -0.15) is 0 Å². The topological polar surface area (TPSA) is 74.8 Å². The van der Waals surface area contributed by atoms with Crippen molar-refractivity contribution in [3.63, 3.8) is 0 Å². The molecule has 0 saturated heterocycles. The number of guanidine groups is 2. The number of halogens is 1. The van der Waals surface area contributed by atoms with E-state index in [0.717, 1.165) is 10.6 Å². The highest BCUT2D eigenvalue weighted by Crippen LogP contribution is 2.11. The van der Waals surface area contributed by atoms with Crippen LogP contribution in [0.15, 0.2) is 34.3 Å². The summed E-state index contributed by atoms with van der Waals surface area (Å²) in [5.74, 6) is 0.996. The molecule has 0 aromatic heterocycles. The summed E-state index contributed by atoms with van der Waals surface area (Å²) in [4.78, 5) is 8.63. The molecule has 0 radical (unpaired) electrons. The molecule has 18 heavy (non-hydrogen) atoms. The van der Waals surface area contributed by atoms with Crippen molar-refractivity contribution in [1.29, 1.82) is 0 Å². The van der Waals surface area contributed by atoms with Gasteiger partial charge in [0.05, 0.1) is 6.54 Å². The number of nitrogens with two attached hydrogens (primary N) is 1. The number of hydrogen-bond donors (Lipinski definition) is 3. The maximum Gasteiger partial charge on any atom is 0.200 e. The van der Waals surface area contributed by atoms with Crippen molar-refractivity contribution in [2.24, 2.45) is 15.7 Å². The molecular formula is C12H16ClN5. The molecule has 0 aliphatic carbocycles. The van der Waals surface area contributed by atoms with Crippen LogP contribution in [-0.4, -0.2) is 17.6 Å². The Bertz CT molecular complexity index is 490. The number of aliphatic imine (C=N–C) groups is 2. The Balaban J connectivity index is 2.06. The second-order valence-electron chi connectivity index (χ2n) is 4.60.